The predicted octanol–water partition coefficient (Wildman–Crippen LogP) is 2.16. The molecule has 1 unspecified atom stereocenters. The second kappa shape index (κ2) is 7.64. The molecule has 1 saturated heterocycles. The molecule has 1 aliphatic heterocycles. The van der Waals surface area contributed by atoms with Gasteiger partial charge in [-0.1, -0.05) is 48.5 Å². The minimum Gasteiger partial charge on any atom is -0.489 e. The van der Waals surface area contributed by atoms with Crippen LogP contribution in [0.3, 0.4) is 0 Å². The molecule has 2 aromatic rings. The van der Waals surface area contributed by atoms with Crippen LogP contribution in [-0.2, 0) is 22.7 Å². The highest BCUT2D eigenvalue weighted by Gasteiger charge is 2.26. The maximum atomic E-state index is 12.1. The molecular formula is C19H20N2O3. The molecule has 1 atom stereocenters. The van der Waals surface area contributed by atoms with Gasteiger partial charge in [-0.2, -0.15) is 0 Å². The Morgan fingerprint density at radius 2 is 1.88 bits per heavy atom. The molecule has 0 saturated carbocycles. The van der Waals surface area contributed by atoms with Crippen LogP contribution < -0.4 is 15.4 Å². The first-order valence-electron chi connectivity index (χ1n) is 8.04. The van der Waals surface area contributed by atoms with Gasteiger partial charge in [-0.25, -0.2) is 0 Å². The first-order valence-corrected chi connectivity index (χ1v) is 8.04. The Kier molecular flexibility index (Phi) is 5.11. The van der Waals surface area contributed by atoms with E-state index in [9.17, 15) is 9.59 Å². The number of ether oxygens (including phenoxy) is 1. The summed E-state index contributed by atoms with van der Waals surface area (Å²) in [7, 11) is 0. The van der Waals surface area contributed by atoms with Gasteiger partial charge in [0, 0.05) is 18.5 Å². The quantitative estimate of drug-likeness (QED) is 0.856. The number of carbonyl (C=O) groups is 2. The van der Waals surface area contributed by atoms with E-state index in [1.807, 2.05) is 54.6 Å². The highest BCUT2D eigenvalue weighted by Crippen LogP contribution is 2.19. The zero-order valence-electron chi connectivity index (χ0n) is 13.3. The number of hydrogen-bond donors (Lipinski definition) is 2. The molecule has 2 N–H and O–H groups in total. The van der Waals surface area contributed by atoms with Gasteiger partial charge in [0.1, 0.15) is 18.4 Å². The third kappa shape index (κ3) is 4.13. The Morgan fingerprint density at radius 1 is 1.12 bits per heavy atom. The van der Waals surface area contributed by atoms with Crippen LogP contribution in [0.15, 0.2) is 54.6 Å². The number of para-hydroxylation sites is 1. The molecule has 0 radical (unpaired) electrons. The number of nitrogens with one attached hydrogen (secondary N) is 2. The lowest BCUT2D eigenvalue weighted by Crippen LogP contribution is -2.41. The number of hydrogen-bond acceptors (Lipinski definition) is 3. The summed E-state index contributed by atoms with van der Waals surface area (Å²) in [6, 6.07) is 17.1. The van der Waals surface area contributed by atoms with Gasteiger partial charge < -0.3 is 15.4 Å². The second-order valence-electron chi connectivity index (χ2n) is 5.76. The van der Waals surface area contributed by atoms with Crippen molar-refractivity contribution < 1.29 is 14.3 Å². The lowest BCUT2D eigenvalue weighted by molar-refractivity contribution is -0.125. The highest BCUT2D eigenvalue weighted by atomic mass is 16.5. The van der Waals surface area contributed by atoms with Gasteiger partial charge in [-0.3, -0.25) is 9.59 Å². The summed E-state index contributed by atoms with van der Waals surface area (Å²) in [5.41, 5.74) is 2.00. The van der Waals surface area contributed by atoms with Crippen LogP contribution in [0.4, 0.5) is 0 Å². The summed E-state index contributed by atoms with van der Waals surface area (Å²) in [5, 5.41) is 5.54. The van der Waals surface area contributed by atoms with Crippen molar-refractivity contribution >= 4 is 11.8 Å². The Hall–Kier alpha value is -2.82. The Labute approximate surface area is 141 Å². The van der Waals surface area contributed by atoms with E-state index in [0.29, 0.717) is 26.0 Å². The minimum absolute atomic E-state index is 0.0678. The zero-order valence-corrected chi connectivity index (χ0v) is 13.3. The molecule has 3 rings (SSSR count). The standard InChI is InChI=1S/C19H20N2O3/c22-18-11-10-16(21-18)19(23)20-12-15-8-4-5-9-17(15)24-13-14-6-2-1-3-7-14/h1-9,16H,10-13H2,(H,20,23)(H,21,22). The molecule has 0 spiro atoms. The largest absolute Gasteiger partial charge is 0.489 e. The van der Waals surface area contributed by atoms with Crippen LogP contribution in [0, 0.1) is 0 Å². The summed E-state index contributed by atoms with van der Waals surface area (Å²) in [6.07, 6.45) is 0.964. The molecule has 0 aromatic heterocycles. The Balaban J connectivity index is 1.57. The lowest BCUT2D eigenvalue weighted by Gasteiger charge is -2.14. The highest BCUT2D eigenvalue weighted by molar-refractivity contribution is 5.90. The first-order chi connectivity index (χ1) is 11.7. The molecule has 0 bridgehead atoms. The van der Waals surface area contributed by atoms with Crippen molar-refractivity contribution in [1.82, 2.24) is 10.6 Å². The van der Waals surface area contributed by atoms with E-state index in [1.54, 1.807) is 0 Å². The molecule has 1 fully saturated rings. The van der Waals surface area contributed by atoms with E-state index in [-0.39, 0.29) is 11.8 Å². The summed E-state index contributed by atoms with van der Waals surface area (Å²) in [4.78, 5) is 23.3. The molecule has 1 aliphatic rings. The maximum Gasteiger partial charge on any atom is 0.242 e. The van der Waals surface area contributed by atoms with Crippen LogP contribution in [0.25, 0.3) is 0 Å². The third-order valence-corrected chi connectivity index (χ3v) is 3.97. The van der Waals surface area contributed by atoms with E-state index in [2.05, 4.69) is 10.6 Å². The van der Waals surface area contributed by atoms with Crippen LogP contribution >= 0.6 is 0 Å². The van der Waals surface area contributed by atoms with Crippen molar-refractivity contribution in [2.24, 2.45) is 0 Å². The van der Waals surface area contributed by atoms with Gasteiger partial charge in [-0.15, -0.1) is 0 Å². The van der Waals surface area contributed by atoms with Gasteiger partial charge in [-0.05, 0) is 18.1 Å². The zero-order chi connectivity index (χ0) is 16.8. The molecule has 2 amide bonds. The summed E-state index contributed by atoms with van der Waals surface area (Å²) >= 11 is 0. The molecule has 1 heterocycles. The number of rotatable bonds is 6. The van der Waals surface area contributed by atoms with Crippen LogP contribution in [-0.4, -0.2) is 17.9 Å². The van der Waals surface area contributed by atoms with Crippen molar-refractivity contribution in [3.8, 4) is 5.75 Å². The van der Waals surface area contributed by atoms with Crippen LogP contribution in [0.5, 0.6) is 5.75 Å². The Bertz CT molecular complexity index is 716. The monoisotopic (exact) mass is 324 g/mol. The van der Waals surface area contributed by atoms with E-state index in [0.717, 1.165) is 16.9 Å². The van der Waals surface area contributed by atoms with Crippen molar-refractivity contribution in [2.75, 3.05) is 0 Å². The summed E-state index contributed by atoms with van der Waals surface area (Å²) in [5.74, 6) is 0.526. The summed E-state index contributed by atoms with van der Waals surface area (Å²) in [6.45, 7) is 0.848. The van der Waals surface area contributed by atoms with Crippen LogP contribution in [0.2, 0.25) is 0 Å². The van der Waals surface area contributed by atoms with E-state index < -0.39 is 6.04 Å². The Morgan fingerprint density at radius 3 is 2.62 bits per heavy atom. The number of amides is 2. The van der Waals surface area contributed by atoms with Crippen molar-refractivity contribution in [2.45, 2.75) is 32.0 Å². The molecular weight excluding hydrogens is 304 g/mol. The fourth-order valence-electron chi connectivity index (χ4n) is 2.64. The second-order valence-corrected chi connectivity index (χ2v) is 5.76. The normalized spacial score (nSPS) is 16.5. The van der Waals surface area contributed by atoms with Gasteiger partial charge in [0.2, 0.25) is 11.8 Å². The summed E-state index contributed by atoms with van der Waals surface area (Å²) < 4.78 is 5.88. The van der Waals surface area contributed by atoms with Gasteiger partial charge >= 0.3 is 0 Å². The molecule has 0 aliphatic carbocycles. The topological polar surface area (TPSA) is 67.4 Å². The molecule has 5 nitrogen and oxygen atoms in total. The smallest absolute Gasteiger partial charge is 0.242 e. The van der Waals surface area contributed by atoms with Gasteiger partial charge in [0.15, 0.2) is 0 Å². The number of benzene rings is 2. The van der Waals surface area contributed by atoms with E-state index in [4.69, 9.17) is 4.74 Å². The lowest BCUT2D eigenvalue weighted by atomic mass is 10.1. The van der Waals surface area contributed by atoms with E-state index in [1.165, 1.54) is 0 Å². The van der Waals surface area contributed by atoms with E-state index >= 15 is 0 Å². The SMILES string of the molecule is O=C1CCC(C(=O)NCc2ccccc2OCc2ccccc2)N1. The van der Waals surface area contributed by atoms with Crippen molar-refractivity contribution in [3.05, 3.63) is 65.7 Å². The third-order valence-electron chi connectivity index (χ3n) is 3.97. The molecule has 2 aromatic carbocycles. The molecule has 24 heavy (non-hydrogen) atoms. The molecule has 124 valence electrons. The van der Waals surface area contributed by atoms with Gasteiger partial charge in [0.25, 0.3) is 0 Å². The molecule has 5 heteroatoms. The fourth-order valence-corrected chi connectivity index (χ4v) is 2.64. The van der Waals surface area contributed by atoms with Crippen molar-refractivity contribution in [1.29, 1.82) is 0 Å². The van der Waals surface area contributed by atoms with Crippen LogP contribution in [0.1, 0.15) is 24.0 Å². The first kappa shape index (κ1) is 16.1. The van der Waals surface area contributed by atoms with Gasteiger partial charge in [0.05, 0.1) is 0 Å². The fraction of sp³-hybridized carbons (Fsp3) is 0.263. The van der Waals surface area contributed by atoms with Crippen molar-refractivity contribution in [3.63, 3.8) is 0 Å². The maximum absolute atomic E-state index is 12.1. The average molecular weight is 324 g/mol. The minimum atomic E-state index is -0.421. The number of carbonyl (C=O) groups excluding carboxylic acids is 2. The predicted molar refractivity (Wildman–Crippen MR) is 90.2 cm³/mol. The average Bonchev–Trinajstić information content (AvgIpc) is 3.06.